The van der Waals surface area contributed by atoms with Gasteiger partial charge in [0.2, 0.25) is 0 Å². The maximum Gasteiger partial charge on any atom is 0.294 e. The van der Waals surface area contributed by atoms with E-state index in [0.717, 1.165) is 24.3 Å². The van der Waals surface area contributed by atoms with Crippen molar-refractivity contribution in [3.05, 3.63) is 57.6 Å². The van der Waals surface area contributed by atoms with Gasteiger partial charge in [-0.25, -0.2) is 0 Å². The van der Waals surface area contributed by atoms with Gasteiger partial charge >= 0.3 is 0 Å². The van der Waals surface area contributed by atoms with Gasteiger partial charge in [0.1, 0.15) is 5.69 Å². The van der Waals surface area contributed by atoms with Crippen LogP contribution >= 0.6 is 0 Å². The topological polar surface area (TPSA) is 92.7 Å². The van der Waals surface area contributed by atoms with Gasteiger partial charge in [0, 0.05) is 30.4 Å². The third-order valence-electron chi connectivity index (χ3n) is 5.14. The van der Waals surface area contributed by atoms with E-state index in [1.165, 1.54) is 31.4 Å². The van der Waals surface area contributed by atoms with E-state index in [-0.39, 0.29) is 17.3 Å². The van der Waals surface area contributed by atoms with Crippen molar-refractivity contribution in [3.63, 3.8) is 0 Å². The Morgan fingerprint density at radius 1 is 1.00 bits per heavy atom. The molecule has 0 atom stereocenters. The van der Waals surface area contributed by atoms with Gasteiger partial charge in [-0.2, -0.15) is 0 Å². The molecular formula is C19H20N4O3. The molecular weight excluding hydrogens is 332 g/mol. The second kappa shape index (κ2) is 6.33. The SMILES string of the molecule is Nc1ccc(N2Cc3cc(N4CCCCC4)ccc3C2=O)cc1[N+](=O)[O-]. The molecule has 7 heteroatoms. The molecule has 0 spiro atoms. The lowest BCUT2D eigenvalue weighted by molar-refractivity contribution is -0.383. The summed E-state index contributed by atoms with van der Waals surface area (Å²) in [5.74, 6) is -0.135. The zero-order valence-electron chi connectivity index (χ0n) is 14.4. The molecule has 4 rings (SSSR count). The molecule has 0 aromatic heterocycles. The number of carbonyl (C=O) groups excluding carboxylic acids is 1. The maximum absolute atomic E-state index is 12.8. The number of benzene rings is 2. The Bertz CT molecular complexity index is 890. The van der Waals surface area contributed by atoms with Crippen LogP contribution in [-0.2, 0) is 6.54 Å². The highest BCUT2D eigenvalue weighted by atomic mass is 16.6. The summed E-state index contributed by atoms with van der Waals surface area (Å²) < 4.78 is 0. The number of piperidine rings is 1. The van der Waals surface area contributed by atoms with Crippen LogP contribution in [0.15, 0.2) is 36.4 Å². The average Bonchev–Trinajstić information content (AvgIpc) is 2.99. The monoisotopic (exact) mass is 352 g/mol. The Labute approximate surface area is 151 Å². The van der Waals surface area contributed by atoms with Gasteiger partial charge in [-0.05, 0) is 55.2 Å². The first-order chi connectivity index (χ1) is 12.5. The van der Waals surface area contributed by atoms with Gasteiger partial charge < -0.3 is 15.5 Å². The third kappa shape index (κ3) is 2.75. The van der Waals surface area contributed by atoms with Crippen LogP contribution in [-0.4, -0.2) is 23.9 Å². The molecule has 26 heavy (non-hydrogen) atoms. The van der Waals surface area contributed by atoms with Gasteiger partial charge in [-0.1, -0.05) is 0 Å². The fourth-order valence-corrected chi connectivity index (χ4v) is 3.72. The van der Waals surface area contributed by atoms with Crippen molar-refractivity contribution in [1.82, 2.24) is 0 Å². The molecule has 2 aromatic carbocycles. The standard InChI is InChI=1S/C19H20N4O3/c20-17-7-5-15(11-18(17)23(25)26)22-12-13-10-14(4-6-16(13)19(22)24)21-8-2-1-3-9-21/h4-7,10-11H,1-3,8-9,12,20H2. The Hall–Kier alpha value is -3.09. The fourth-order valence-electron chi connectivity index (χ4n) is 3.72. The number of carbonyl (C=O) groups is 1. The molecule has 1 amide bonds. The number of rotatable bonds is 3. The predicted octanol–water partition coefficient (Wildman–Crippen LogP) is 3.33. The molecule has 2 heterocycles. The minimum Gasteiger partial charge on any atom is -0.393 e. The lowest BCUT2D eigenvalue weighted by Crippen LogP contribution is -2.29. The third-order valence-corrected chi connectivity index (χ3v) is 5.14. The number of anilines is 3. The van der Waals surface area contributed by atoms with E-state index >= 15 is 0 Å². The maximum atomic E-state index is 12.8. The number of nitrogens with two attached hydrogens (primary N) is 1. The van der Waals surface area contributed by atoms with Gasteiger partial charge in [0.15, 0.2) is 0 Å². The van der Waals surface area contributed by atoms with E-state index in [9.17, 15) is 14.9 Å². The average molecular weight is 352 g/mol. The summed E-state index contributed by atoms with van der Waals surface area (Å²) in [6.45, 7) is 2.50. The van der Waals surface area contributed by atoms with Crippen LogP contribution in [0.1, 0.15) is 35.2 Å². The van der Waals surface area contributed by atoms with Crippen LogP contribution in [0, 0.1) is 10.1 Å². The van der Waals surface area contributed by atoms with Crippen molar-refractivity contribution in [2.24, 2.45) is 0 Å². The molecule has 2 aromatic rings. The highest BCUT2D eigenvalue weighted by molar-refractivity contribution is 6.10. The second-order valence-electron chi connectivity index (χ2n) is 6.78. The number of hydrogen-bond acceptors (Lipinski definition) is 5. The first-order valence-electron chi connectivity index (χ1n) is 8.78. The van der Waals surface area contributed by atoms with E-state index in [2.05, 4.69) is 11.0 Å². The zero-order valence-corrected chi connectivity index (χ0v) is 14.4. The number of nitrogen functional groups attached to an aromatic ring is 1. The molecule has 2 aliphatic rings. The summed E-state index contributed by atoms with van der Waals surface area (Å²) in [7, 11) is 0. The van der Waals surface area contributed by atoms with Crippen LogP contribution < -0.4 is 15.5 Å². The Kier molecular flexibility index (Phi) is 3.99. The molecule has 1 saturated heterocycles. The summed E-state index contributed by atoms with van der Waals surface area (Å²) in [5, 5.41) is 11.1. The van der Waals surface area contributed by atoms with E-state index in [4.69, 9.17) is 5.73 Å². The molecule has 7 nitrogen and oxygen atoms in total. The van der Waals surface area contributed by atoms with Crippen molar-refractivity contribution >= 4 is 28.7 Å². The number of nitro benzene ring substituents is 1. The number of nitro groups is 1. The first-order valence-corrected chi connectivity index (χ1v) is 8.78. The molecule has 0 aliphatic carbocycles. The normalized spacial score (nSPS) is 16.7. The van der Waals surface area contributed by atoms with Crippen molar-refractivity contribution in [3.8, 4) is 0 Å². The first kappa shape index (κ1) is 16.4. The molecule has 0 bridgehead atoms. The lowest BCUT2D eigenvalue weighted by Gasteiger charge is -2.29. The largest absolute Gasteiger partial charge is 0.393 e. The summed E-state index contributed by atoms with van der Waals surface area (Å²) in [4.78, 5) is 27.3. The van der Waals surface area contributed by atoms with Crippen LogP contribution in [0.25, 0.3) is 0 Å². The van der Waals surface area contributed by atoms with E-state index in [0.29, 0.717) is 17.8 Å². The van der Waals surface area contributed by atoms with E-state index < -0.39 is 4.92 Å². The molecule has 0 radical (unpaired) electrons. The van der Waals surface area contributed by atoms with Crippen molar-refractivity contribution in [2.45, 2.75) is 25.8 Å². The van der Waals surface area contributed by atoms with Gasteiger partial charge in [0.25, 0.3) is 11.6 Å². The van der Waals surface area contributed by atoms with Crippen molar-refractivity contribution < 1.29 is 9.72 Å². The number of nitrogens with zero attached hydrogens (tertiary/aromatic N) is 3. The molecule has 2 N–H and O–H groups in total. The molecule has 134 valence electrons. The van der Waals surface area contributed by atoms with E-state index in [1.54, 1.807) is 11.0 Å². The summed E-state index contributed by atoms with van der Waals surface area (Å²) in [6, 6.07) is 10.4. The van der Waals surface area contributed by atoms with Crippen LogP contribution in [0.5, 0.6) is 0 Å². The predicted molar refractivity (Wildman–Crippen MR) is 101 cm³/mol. The number of amides is 1. The van der Waals surface area contributed by atoms with Gasteiger partial charge in [-0.3, -0.25) is 14.9 Å². The van der Waals surface area contributed by atoms with Crippen LogP contribution in [0.4, 0.5) is 22.7 Å². The Balaban J connectivity index is 1.63. The minimum atomic E-state index is -0.527. The van der Waals surface area contributed by atoms with Crippen LogP contribution in [0.3, 0.4) is 0 Å². The quantitative estimate of drug-likeness (QED) is 0.519. The fraction of sp³-hybridized carbons (Fsp3) is 0.316. The highest BCUT2D eigenvalue weighted by Gasteiger charge is 2.30. The van der Waals surface area contributed by atoms with E-state index in [1.807, 2.05) is 12.1 Å². The van der Waals surface area contributed by atoms with Crippen LogP contribution in [0.2, 0.25) is 0 Å². The van der Waals surface area contributed by atoms with Gasteiger partial charge in [-0.15, -0.1) is 0 Å². The molecule has 2 aliphatic heterocycles. The summed E-state index contributed by atoms with van der Waals surface area (Å²) in [5.41, 5.74) is 8.82. The molecule has 0 saturated carbocycles. The lowest BCUT2D eigenvalue weighted by atomic mass is 10.1. The minimum absolute atomic E-state index is 0.0929. The number of hydrogen-bond donors (Lipinski definition) is 1. The van der Waals surface area contributed by atoms with Crippen molar-refractivity contribution in [1.29, 1.82) is 0 Å². The zero-order chi connectivity index (χ0) is 18.3. The number of fused-ring (bicyclic) bond motifs is 1. The molecule has 0 unspecified atom stereocenters. The second-order valence-corrected chi connectivity index (χ2v) is 6.78. The highest BCUT2D eigenvalue weighted by Crippen LogP contribution is 2.34. The van der Waals surface area contributed by atoms with Gasteiger partial charge in [0.05, 0.1) is 17.2 Å². The summed E-state index contributed by atoms with van der Waals surface area (Å²) in [6.07, 6.45) is 3.65. The summed E-state index contributed by atoms with van der Waals surface area (Å²) >= 11 is 0. The smallest absolute Gasteiger partial charge is 0.294 e. The Morgan fingerprint density at radius 3 is 2.46 bits per heavy atom. The van der Waals surface area contributed by atoms with Crippen molar-refractivity contribution in [2.75, 3.05) is 28.6 Å². The Morgan fingerprint density at radius 2 is 1.73 bits per heavy atom. The molecule has 1 fully saturated rings.